The van der Waals surface area contributed by atoms with Gasteiger partial charge in [-0.3, -0.25) is 0 Å². The number of rotatable bonds is 10. The maximum Gasteiger partial charge on any atom is 0.119 e. The number of benzene rings is 2. The Bertz CT molecular complexity index is 726. The van der Waals surface area contributed by atoms with E-state index in [4.69, 9.17) is 4.74 Å². The van der Waals surface area contributed by atoms with Crippen LogP contribution in [0.5, 0.6) is 5.75 Å². The highest BCUT2D eigenvalue weighted by Crippen LogP contribution is 2.29. The highest BCUT2D eigenvalue weighted by Gasteiger charge is 2.16. The summed E-state index contributed by atoms with van der Waals surface area (Å²) in [5.74, 6) is 1.56. The first-order valence-electron chi connectivity index (χ1n) is 10.9. The van der Waals surface area contributed by atoms with E-state index in [9.17, 15) is 0 Å². The summed E-state index contributed by atoms with van der Waals surface area (Å²) in [7, 11) is 0. The van der Waals surface area contributed by atoms with Gasteiger partial charge in [-0.2, -0.15) is 0 Å². The minimum atomic E-state index is 0.568. The molecule has 0 amide bonds. The number of unbranched alkanes of at least 4 members (excludes halogenated alkanes) is 3. The van der Waals surface area contributed by atoms with Crippen molar-refractivity contribution in [3.63, 3.8) is 0 Å². The summed E-state index contributed by atoms with van der Waals surface area (Å²) < 4.78 is 5.76. The molecular formula is C25H35NOS. The zero-order chi connectivity index (χ0) is 19.8. The fraction of sp³-hybridized carbons (Fsp3) is 0.520. The van der Waals surface area contributed by atoms with E-state index in [1.165, 1.54) is 74.8 Å². The molecule has 3 rings (SSSR count). The van der Waals surface area contributed by atoms with Crippen molar-refractivity contribution in [1.82, 2.24) is 0 Å². The normalized spacial score (nSPS) is 13.6. The first-order chi connectivity index (χ1) is 13.6. The van der Waals surface area contributed by atoms with Gasteiger partial charge in [-0.15, -0.1) is 12.6 Å². The predicted molar refractivity (Wildman–Crippen MR) is 123 cm³/mol. The van der Waals surface area contributed by atoms with Crippen molar-refractivity contribution in [1.29, 1.82) is 0 Å². The molecule has 0 saturated carbocycles. The lowest BCUT2D eigenvalue weighted by Crippen LogP contribution is -2.30. The van der Waals surface area contributed by atoms with Crippen molar-refractivity contribution < 1.29 is 4.74 Å². The van der Waals surface area contributed by atoms with Crippen LogP contribution in [0.3, 0.4) is 0 Å². The van der Waals surface area contributed by atoms with Crippen molar-refractivity contribution in [3.8, 4) is 5.75 Å². The number of nitrogens with zero attached hydrogens (tertiary/aromatic N) is 1. The van der Waals surface area contributed by atoms with Crippen LogP contribution in [0.15, 0.2) is 47.4 Å². The second-order valence-corrected chi connectivity index (χ2v) is 8.93. The number of hydrogen-bond acceptors (Lipinski definition) is 3. The molecule has 0 fully saturated rings. The Kier molecular flexibility index (Phi) is 8.14. The summed E-state index contributed by atoms with van der Waals surface area (Å²) in [5, 5.41) is 0. The maximum atomic E-state index is 5.76. The maximum absolute atomic E-state index is 5.76. The van der Waals surface area contributed by atoms with E-state index in [1.807, 2.05) is 0 Å². The van der Waals surface area contributed by atoms with Crippen molar-refractivity contribution in [2.45, 2.75) is 63.7 Å². The van der Waals surface area contributed by atoms with Crippen LogP contribution in [-0.4, -0.2) is 19.7 Å². The number of ether oxygens (including phenoxy) is 1. The van der Waals surface area contributed by atoms with E-state index in [2.05, 4.69) is 73.8 Å². The van der Waals surface area contributed by atoms with Crippen molar-refractivity contribution >= 4 is 18.3 Å². The number of hydrogen-bond donors (Lipinski definition) is 1. The Morgan fingerprint density at radius 1 is 1.00 bits per heavy atom. The molecule has 0 saturated heterocycles. The molecule has 0 atom stereocenters. The molecule has 0 aromatic heterocycles. The van der Waals surface area contributed by atoms with Crippen LogP contribution in [0.1, 0.15) is 57.1 Å². The Morgan fingerprint density at radius 3 is 2.57 bits per heavy atom. The molecule has 1 aliphatic heterocycles. The van der Waals surface area contributed by atoms with Gasteiger partial charge in [0.1, 0.15) is 5.75 Å². The largest absolute Gasteiger partial charge is 0.493 e. The number of aryl methyl sites for hydroxylation is 2. The van der Waals surface area contributed by atoms with Gasteiger partial charge in [0.2, 0.25) is 0 Å². The molecule has 0 radical (unpaired) electrons. The molecule has 2 aromatic carbocycles. The molecule has 2 aromatic rings. The molecule has 2 nitrogen and oxygen atoms in total. The Labute approximate surface area is 176 Å². The highest BCUT2D eigenvalue weighted by molar-refractivity contribution is 7.80. The number of anilines is 1. The molecule has 28 heavy (non-hydrogen) atoms. The molecule has 0 unspecified atom stereocenters. The van der Waals surface area contributed by atoms with Gasteiger partial charge < -0.3 is 9.64 Å². The van der Waals surface area contributed by atoms with Crippen LogP contribution in [0.25, 0.3) is 0 Å². The minimum Gasteiger partial charge on any atom is -0.493 e. The van der Waals surface area contributed by atoms with Crippen LogP contribution in [0, 0.1) is 5.92 Å². The van der Waals surface area contributed by atoms with Gasteiger partial charge in [0.15, 0.2) is 0 Å². The van der Waals surface area contributed by atoms with Crippen molar-refractivity contribution in [3.05, 3.63) is 53.6 Å². The van der Waals surface area contributed by atoms with Crippen LogP contribution in [0.4, 0.5) is 5.69 Å². The Hall–Kier alpha value is -1.61. The standard InChI is InChI=1S/C25H35NOS/c1-20(2)19-27-23-12-10-21(11-13-23)8-5-3-4-6-16-26-17-7-9-22-18-24(28)14-15-25(22)26/h10-15,18,20,28H,3-9,16-17,19H2,1-2H3. The highest BCUT2D eigenvalue weighted by atomic mass is 32.1. The van der Waals surface area contributed by atoms with Gasteiger partial charge in [-0.05, 0) is 79.5 Å². The fourth-order valence-corrected chi connectivity index (χ4v) is 4.12. The topological polar surface area (TPSA) is 12.5 Å². The third-order valence-corrected chi connectivity index (χ3v) is 5.71. The second-order valence-electron chi connectivity index (χ2n) is 8.42. The monoisotopic (exact) mass is 397 g/mol. The van der Waals surface area contributed by atoms with Gasteiger partial charge in [-0.1, -0.05) is 38.8 Å². The molecule has 1 heterocycles. The third kappa shape index (κ3) is 6.48. The molecule has 0 bridgehead atoms. The van der Waals surface area contributed by atoms with Crippen LogP contribution >= 0.6 is 12.6 Å². The van der Waals surface area contributed by atoms with Gasteiger partial charge in [0.25, 0.3) is 0 Å². The Morgan fingerprint density at radius 2 is 1.79 bits per heavy atom. The SMILES string of the molecule is CC(C)COc1ccc(CCCCCCN2CCCc3cc(S)ccc32)cc1. The number of thiol groups is 1. The summed E-state index contributed by atoms with van der Waals surface area (Å²) in [6.45, 7) is 7.52. The third-order valence-electron chi connectivity index (χ3n) is 5.43. The molecule has 1 aliphatic rings. The van der Waals surface area contributed by atoms with Crippen molar-refractivity contribution in [2.24, 2.45) is 5.92 Å². The van der Waals surface area contributed by atoms with E-state index >= 15 is 0 Å². The van der Waals surface area contributed by atoms with E-state index in [1.54, 1.807) is 0 Å². The molecular weight excluding hydrogens is 362 g/mol. The zero-order valence-corrected chi connectivity index (χ0v) is 18.4. The minimum absolute atomic E-state index is 0.568. The Balaban J connectivity index is 1.33. The van der Waals surface area contributed by atoms with E-state index < -0.39 is 0 Å². The lowest BCUT2D eigenvalue weighted by atomic mass is 10.0. The lowest BCUT2D eigenvalue weighted by Gasteiger charge is -2.31. The summed E-state index contributed by atoms with van der Waals surface area (Å²) in [4.78, 5) is 3.65. The van der Waals surface area contributed by atoms with Crippen molar-refractivity contribution in [2.75, 3.05) is 24.6 Å². The van der Waals surface area contributed by atoms with Crippen LogP contribution in [0.2, 0.25) is 0 Å². The molecule has 0 spiro atoms. The average molecular weight is 398 g/mol. The first kappa shape index (κ1) is 21.1. The zero-order valence-electron chi connectivity index (χ0n) is 17.5. The van der Waals surface area contributed by atoms with E-state index in [-0.39, 0.29) is 0 Å². The van der Waals surface area contributed by atoms with Gasteiger partial charge >= 0.3 is 0 Å². The smallest absolute Gasteiger partial charge is 0.119 e. The van der Waals surface area contributed by atoms with Crippen LogP contribution < -0.4 is 9.64 Å². The molecule has 152 valence electrons. The number of fused-ring (bicyclic) bond motifs is 1. The molecule has 3 heteroatoms. The summed E-state index contributed by atoms with van der Waals surface area (Å²) >= 11 is 4.49. The second kappa shape index (κ2) is 10.8. The quantitative estimate of drug-likeness (QED) is 0.360. The fourth-order valence-electron chi connectivity index (χ4n) is 3.89. The van der Waals surface area contributed by atoms with Gasteiger partial charge in [-0.25, -0.2) is 0 Å². The molecule has 0 N–H and O–H groups in total. The van der Waals surface area contributed by atoms with Gasteiger partial charge in [0.05, 0.1) is 6.61 Å². The summed E-state index contributed by atoms with van der Waals surface area (Å²) in [5.41, 5.74) is 4.33. The van der Waals surface area contributed by atoms with E-state index in [0.717, 1.165) is 17.3 Å². The first-order valence-corrected chi connectivity index (χ1v) is 11.3. The predicted octanol–water partition coefficient (Wildman–Crippen LogP) is 6.57. The van der Waals surface area contributed by atoms with Crippen LogP contribution in [-0.2, 0) is 12.8 Å². The average Bonchev–Trinajstić information content (AvgIpc) is 2.69. The summed E-state index contributed by atoms with van der Waals surface area (Å²) in [6, 6.07) is 15.3. The molecule has 0 aliphatic carbocycles. The van der Waals surface area contributed by atoms with E-state index in [0.29, 0.717) is 5.92 Å². The summed E-state index contributed by atoms with van der Waals surface area (Å²) in [6.07, 6.45) is 8.80. The van der Waals surface area contributed by atoms with Gasteiger partial charge in [0, 0.05) is 23.7 Å². The lowest BCUT2D eigenvalue weighted by molar-refractivity contribution is 0.271.